The van der Waals surface area contributed by atoms with Gasteiger partial charge in [0.1, 0.15) is 0 Å². The van der Waals surface area contributed by atoms with Crippen LogP contribution in [-0.4, -0.2) is 55.5 Å². The van der Waals surface area contributed by atoms with Crippen molar-refractivity contribution < 1.29 is 14.6 Å². The molecule has 2 atom stereocenters. The molecule has 1 heterocycles. The van der Waals surface area contributed by atoms with Crippen LogP contribution in [0.15, 0.2) is 0 Å². The highest BCUT2D eigenvalue weighted by Gasteiger charge is 2.29. The standard InChI is InChI=1S/C15H30N2O3/c1-12(2)6-7-16-14-9-13(5-4-8-18)10-17(11-14)15(19)20-3/h12-14,16,18H,4-11H2,1-3H3. The van der Waals surface area contributed by atoms with E-state index in [2.05, 4.69) is 19.2 Å². The van der Waals surface area contributed by atoms with E-state index < -0.39 is 0 Å². The molecule has 0 spiro atoms. The number of carbonyl (C=O) groups is 1. The number of methoxy groups -OCH3 is 1. The third-order valence-electron chi connectivity index (χ3n) is 3.90. The number of hydrogen-bond acceptors (Lipinski definition) is 4. The Hall–Kier alpha value is -0.810. The van der Waals surface area contributed by atoms with E-state index in [1.807, 2.05) is 0 Å². The molecule has 5 nitrogen and oxygen atoms in total. The van der Waals surface area contributed by atoms with Crippen molar-refractivity contribution >= 4 is 6.09 Å². The molecule has 0 radical (unpaired) electrons. The normalized spacial score (nSPS) is 23.1. The van der Waals surface area contributed by atoms with E-state index in [4.69, 9.17) is 9.84 Å². The summed E-state index contributed by atoms with van der Waals surface area (Å²) in [7, 11) is 1.43. The molecule has 0 aromatic heterocycles. The van der Waals surface area contributed by atoms with Crippen LogP contribution in [0, 0.1) is 11.8 Å². The first-order valence-electron chi connectivity index (χ1n) is 7.74. The molecule has 0 aromatic carbocycles. The molecule has 0 aromatic rings. The number of likely N-dealkylation sites (tertiary alicyclic amines) is 1. The third kappa shape index (κ3) is 6.09. The Labute approximate surface area is 122 Å². The Balaban J connectivity index is 2.48. The Morgan fingerprint density at radius 1 is 1.45 bits per heavy atom. The first kappa shape index (κ1) is 17.2. The van der Waals surface area contributed by atoms with E-state index in [1.54, 1.807) is 4.90 Å². The van der Waals surface area contributed by atoms with Gasteiger partial charge in [0.2, 0.25) is 0 Å². The number of nitrogens with zero attached hydrogens (tertiary/aromatic N) is 1. The van der Waals surface area contributed by atoms with Crippen LogP contribution in [0.3, 0.4) is 0 Å². The average molecular weight is 286 g/mol. The largest absolute Gasteiger partial charge is 0.453 e. The molecule has 1 aliphatic rings. The van der Waals surface area contributed by atoms with Gasteiger partial charge in [0.25, 0.3) is 0 Å². The Morgan fingerprint density at radius 3 is 2.80 bits per heavy atom. The highest BCUT2D eigenvalue weighted by Crippen LogP contribution is 2.22. The van der Waals surface area contributed by atoms with Crippen LogP contribution in [-0.2, 0) is 4.74 Å². The van der Waals surface area contributed by atoms with E-state index >= 15 is 0 Å². The predicted octanol–water partition coefficient (Wildman–Crippen LogP) is 1.85. The monoisotopic (exact) mass is 286 g/mol. The number of aliphatic hydroxyl groups is 1. The van der Waals surface area contributed by atoms with Crippen molar-refractivity contribution in [3.63, 3.8) is 0 Å². The van der Waals surface area contributed by atoms with E-state index in [0.29, 0.717) is 17.9 Å². The summed E-state index contributed by atoms with van der Waals surface area (Å²) in [6.07, 6.45) is 3.75. The molecule has 0 bridgehead atoms. The van der Waals surface area contributed by atoms with Crippen LogP contribution in [0.4, 0.5) is 4.79 Å². The van der Waals surface area contributed by atoms with Gasteiger partial charge in [-0.2, -0.15) is 0 Å². The van der Waals surface area contributed by atoms with Crippen molar-refractivity contribution in [1.82, 2.24) is 10.2 Å². The fraction of sp³-hybridized carbons (Fsp3) is 0.933. The minimum Gasteiger partial charge on any atom is -0.453 e. The smallest absolute Gasteiger partial charge is 0.409 e. The molecule has 1 rings (SSSR count). The molecule has 0 saturated carbocycles. The van der Waals surface area contributed by atoms with E-state index in [-0.39, 0.29) is 12.7 Å². The van der Waals surface area contributed by atoms with Crippen molar-refractivity contribution in [2.75, 3.05) is 33.4 Å². The van der Waals surface area contributed by atoms with Gasteiger partial charge in [-0.3, -0.25) is 0 Å². The van der Waals surface area contributed by atoms with Crippen LogP contribution in [0.5, 0.6) is 0 Å². The summed E-state index contributed by atoms with van der Waals surface area (Å²) < 4.78 is 4.84. The summed E-state index contributed by atoms with van der Waals surface area (Å²) in [5.41, 5.74) is 0. The van der Waals surface area contributed by atoms with Gasteiger partial charge in [0, 0.05) is 25.7 Å². The molecule has 0 aliphatic carbocycles. The maximum atomic E-state index is 11.7. The van der Waals surface area contributed by atoms with E-state index in [9.17, 15) is 4.79 Å². The quantitative estimate of drug-likeness (QED) is 0.750. The van der Waals surface area contributed by atoms with Gasteiger partial charge < -0.3 is 20.1 Å². The van der Waals surface area contributed by atoms with Crippen LogP contribution in [0.25, 0.3) is 0 Å². The third-order valence-corrected chi connectivity index (χ3v) is 3.90. The predicted molar refractivity (Wildman–Crippen MR) is 79.7 cm³/mol. The van der Waals surface area contributed by atoms with Gasteiger partial charge in [0.15, 0.2) is 0 Å². The maximum absolute atomic E-state index is 11.7. The first-order valence-corrected chi connectivity index (χ1v) is 7.74. The topological polar surface area (TPSA) is 61.8 Å². The number of nitrogens with one attached hydrogen (secondary N) is 1. The lowest BCUT2D eigenvalue weighted by atomic mass is 9.90. The maximum Gasteiger partial charge on any atom is 0.409 e. The zero-order valence-corrected chi connectivity index (χ0v) is 13.1. The van der Waals surface area contributed by atoms with Crippen molar-refractivity contribution in [3.05, 3.63) is 0 Å². The Kier molecular flexibility index (Phi) is 7.92. The fourth-order valence-corrected chi connectivity index (χ4v) is 2.79. The lowest BCUT2D eigenvalue weighted by Crippen LogP contribution is -2.51. The molecule has 1 amide bonds. The molecule has 1 fully saturated rings. The number of piperidine rings is 1. The molecule has 5 heteroatoms. The zero-order chi connectivity index (χ0) is 15.0. The lowest BCUT2D eigenvalue weighted by Gasteiger charge is -2.37. The van der Waals surface area contributed by atoms with Crippen LogP contribution in [0.1, 0.15) is 39.5 Å². The molecular weight excluding hydrogens is 256 g/mol. The first-order chi connectivity index (χ1) is 9.56. The molecule has 1 aliphatic heterocycles. The zero-order valence-electron chi connectivity index (χ0n) is 13.1. The van der Waals surface area contributed by atoms with Crippen LogP contribution >= 0.6 is 0 Å². The van der Waals surface area contributed by atoms with Gasteiger partial charge in [-0.1, -0.05) is 13.8 Å². The second-order valence-electron chi connectivity index (χ2n) is 6.18. The number of carbonyl (C=O) groups excluding carboxylic acids is 1. The SMILES string of the molecule is COC(=O)N1CC(CCCO)CC(NCCC(C)C)C1. The highest BCUT2D eigenvalue weighted by molar-refractivity contribution is 5.67. The minimum absolute atomic E-state index is 0.222. The molecule has 2 N–H and O–H groups in total. The highest BCUT2D eigenvalue weighted by atomic mass is 16.5. The van der Waals surface area contributed by atoms with Crippen molar-refractivity contribution in [1.29, 1.82) is 0 Å². The van der Waals surface area contributed by atoms with Gasteiger partial charge >= 0.3 is 6.09 Å². The van der Waals surface area contributed by atoms with Gasteiger partial charge in [-0.05, 0) is 44.1 Å². The Morgan fingerprint density at radius 2 is 2.20 bits per heavy atom. The van der Waals surface area contributed by atoms with Crippen molar-refractivity contribution in [2.45, 2.75) is 45.6 Å². The lowest BCUT2D eigenvalue weighted by molar-refractivity contribution is 0.0873. The van der Waals surface area contributed by atoms with Crippen molar-refractivity contribution in [2.24, 2.45) is 11.8 Å². The number of aliphatic hydroxyl groups excluding tert-OH is 1. The summed E-state index contributed by atoms with van der Waals surface area (Å²) in [5, 5.41) is 12.5. The number of ether oxygens (including phenoxy) is 1. The fourth-order valence-electron chi connectivity index (χ4n) is 2.79. The molecule has 1 saturated heterocycles. The molecule has 118 valence electrons. The summed E-state index contributed by atoms with van der Waals surface area (Å²) in [6.45, 7) is 7.11. The van der Waals surface area contributed by atoms with Gasteiger partial charge in [-0.15, -0.1) is 0 Å². The van der Waals surface area contributed by atoms with E-state index in [1.165, 1.54) is 7.11 Å². The number of hydrogen-bond donors (Lipinski definition) is 2. The number of rotatable bonds is 7. The molecule has 20 heavy (non-hydrogen) atoms. The van der Waals surface area contributed by atoms with Gasteiger partial charge in [0.05, 0.1) is 7.11 Å². The minimum atomic E-state index is -0.241. The molecule has 2 unspecified atom stereocenters. The molecular formula is C15H30N2O3. The summed E-state index contributed by atoms with van der Waals surface area (Å²) in [4.78, 5) is 13.5. The second kappa shape index (κ2) is 9.19. The van der Waals surface area contributed by atoms with Crippen LogP contribution in [0.2, 0.25) is 0 Å². The summed E-state index contributed by atoms with van der Waals surface area (Å²) >= 11 is 0. The number of amides is 1. The average Bonchev–Trinajstić information content (AvgIpc) is 2.43. The summed E-state index contributed by atoms with van der Waals surface area (Å²) in [6, 6.07) is 0.338. The Bertz CT molecular complexity index is 284. The van der Waals surface area contributed by atoms with Crippen LogP contribution < -0.4 is 5.32 Å². The van der Waals surface area contributed by atoms with E-state index in [0.717, 1.165) is 45.3 Å². The van der Waals surface area contributed by atoms with Gasteiger partial charge in [-0.25, -0.2) is 4.79 Å². The van der Waals surface area contributed by atoms with Crippen molar-refractivity contribution in [3.8, 4) is 0 Å². The summed E-state index contributed by atoms with van der Waals surface area (Å²) in [5.74, 6) is 1.14. The second-order valence-corrected chi connectivity index (χ2v) is 6.18.